The largest absolute Gasteiger partial charge is 0.435 e. The number of benzene rings is 1. The lowest BCUT2D eigenvalue weighted by Gasteiger charge is -2.18. The van der Waals surface area contributed by atoms with Crippen molar-refractivity contribution in [2.75, 3.05) is 6.54 Å². The summed E-state index contributed by atoms with van der Waals surface area (Å²) in [5, 5.41) is 3.38. The van der Waals surface area contributed by atoms with Crippen LogP contribution in [0.15, 0.2) is 36.7 Å². The highest BCUT2D eigenvalue weighted by Crippen LogP contribution is 2.21. The molecule has 0 spiro atoms. The first-order valence-corrected chi connectivity index (χ1v) is 6.84. The van der Waals surface area contributed by atoms with E-state index in [2.05, 4.69) is 15.0 Å². The second-order valence-corrected chi connectivity index (χ2v) is 4.72. The zero-order valence-electron chi connectivity index (χ0n) is 12.1. The number of halogens is 2. The van der Waals surface area contributed by atoms with Crippen molar-refractivity contribution in [1.29, 1.82) is 0 Å². The molecule has 1 aromatic carbocycles. The third-order valence-corrected chi connectivity index (χ3v) is 3.27. The van der Waals surface area contributed by atoms with Gasteiger partial charge in [-0.3, -0.25) is 0 Å². The van der Waals surface area contributed by atoms with Crippen molar-refractivity contribution in [2.24, 2.45) is 7.05 Å². The van der Waals surface area contributed by atoms with Crippen LogP contribution in [0.1, 0.15) is 24.4 Å². The first-order valence-electron chi connectivity index (χ1n) is 6.84. The number of hydrogen-bond donors (Lipinski definition) is 1. The smallest absolute Gasteiger partial charge is 0.387 e. The topological polar surface area (TPSA) is 39.1 Å². The molecule has 21 heavy (non-hydrogen) atoms. The van der Waals surface area contributed by atoms with Crippen LogP contribution in [0.3, 0.4) is 0 Å². The summed E-state index contributed by atoms with van der Waals surface area (Å²) < 4.78 is 30.6. The fourth-order valence-electron chi connectivity index (χ4n) is 2.21. The van der Waals surface area contributed by atoms with E-state index in [0.717, 1.165) is 24.4 Å². The van der Waals surface area contributed by atoms with Crippen LogP contribution in [0, 0.1) is 0 Å². The fourth-order valence-corrected chi connectivity index (χ4v) is 2.21. The number of imidazole rings is 1. The van der Waals surface area contributed by atoms with Crippen LogP contribution in [-0.2, 0) is 13.5 Å². The first kappa shape index (κ1) is 15.4. The molecule has 0 aliphatic carbocycles. The molecule has 0 aliphatic heterocycles. The van der Waals surface area contributed by atoms with Gasteiger partial charge in [0.1, 0.15) is 11.6 Å². The molecule has 0 aliphatic rings. The van der Waals surface area contributed by atoms with Gasteiger partial charge in [0.25, 0.3) is 0 Å². The molecule has 0 fully saturated rings. The lowest BCUT2D eigenvalue weighted by Crippen LogP contribution is -2.24. The van der Waals surface area contributed by atoms with Crippen molar-refractivity contribution in [1.82, 2.24) is 14.9 Å². The van der Waals surface area contributed by atoms with Crippen LogP contribution in [0.2, 0.25) is 0 Å². The van der Waals surface area contributed by atoms with E-state index in [1.54, 1.807) is 30.5 Å². The van der Waals surface area contributed by atoms with Gasteiger partial charge < -0.3 is 14.6 Å². The lowest BCUT2D eigenvalue weighted by atomic mass is 10.0. The Morgan fingerprint density at radius 2 is 2.00 bits per heavy atom. The van der Waals surface area contributed by atoms with Crippen LogP contribution < -0.4 is 10.1 Å². The van der Waals surface area contributed by atoms with Crippen LogP contribution in [0.5, 0.6) is 5.75 Å². The Bertz CT molecular complexity index is 554. The number of aromatic nitrogens is 2. The van der Waals surface area contributed by atoms with Gasteiger partial charge in [-0.2, -0.15) is 8.78 Å². The maximum atomic E-state index is 12.2. The van der Waals surface area contributed by atoms with E-state index in [-0.39, 0.29) is 11.8 Å². The molecule has 2 aromatic rings. The summed E-state index contributed by atoms with van der Waals surface area (Å²) in [5.74, 6) is 1.13. The van der Waals surface area contributed by atoms with Crippen molar-refractivity contribution in [3.8, 4) is 5.75 Å². The van der Waals surface area contributed by atoms with Gasteiger partial charge in [0, 0.05) is 31.9 Å². The Balaban J connectivity index is 2.12. The van der Waals surface area contributed by atoms with Gasteiger partial charge in [-0.15, -0.1) is 0 Å². The number of nitrogens with one attached hydrogen (secondary N) is 1. The Morgan fingerprint density at radius 3 is 2.52 bits per heavy atom. The van der Waals surface area contributed by atoms with Crippen LogP contribution in [0.25, 0.3) is 0 Å². The molecule has 1 atom stereocenters. The number of rotatable bonds is 7. The Kier molecular flexibility index (Phi) is 5.27. The maximum Gasteiger partial charge on any atom is 0.387 e. The van der Waals surface area contributed by atoms with Crippen molar-refractivity contribution in [2.45, 2.75) is 26.0 Å². The summed E-state index contributed by atoms with van der Waals surface area (Å²) in [6.07, 6.45) is 4.39. The summed E-state index contributed by atoms with van der Waals surface area (Å²) in [6, 6.07) is 6.80. The van der Waals surface area contributed by atoms with E-state index in [0.29, 0.717) is 0 Å². The van der Waals surface area contributed by atoms with Crippen LogP contribution >= 0.6 is 0 Å². The number of hydrogen-bond acceptors (Lipinski definition) is 3. The molecule has 1 unspecified atom stereocenters. The minimum Gasteiger partial charge on any atom is -0.435 e. The molecule has 0 amide bonds. The van der Waals surface area contributed by atoms with Gasteiger partial charge >= 0.3 is 6.61 Å². The zero-order chi connectivity index (χ0) is 15.2. The SMILES string of the molecule is CCNC(Cc1nccn1C)c1ccc(OC(F)F)cc1. The molecule has 0 saturated carbocycles. The molecule has 0 bridgehead atoms. The van der Waals surface area contributed by atoms with Crippen molar-refractivity contribution >= 4 is 0 Å². The molecule has 0 saturated heterocycles. The predicted octanol–water partition coefficient (Wildman–Crippen LogP) is 2.91. The highest BCUT2D eigenvalue weighted by Gasteiger charge is 2.14. The minimum atomic E-state index is -2.80. The second kappa shape index (κ2) is 7.17. The van der Waals surface area contributed by atoms with E-state index in [1.165, 1.54) is 0 Å². The number of alkyl halides is 2. The van der Waals surface area contributed by atoms with Gasteiger partial charge in [-0.25, -0.2) is 4.98 Å². The second-order valence-electron chi connectivity index (χ2n) is 4.72. The Labute approximate surface area is 122 Å². The highest BCUT2D eigenvalue weighted by atomic mass is 19.3. The molecule has 1 aromatic heterocycles. The summed E-state index contributed by atoms with van der Waals surface area (Å²) in [6.45, 7) is 0.0392. The van der Waals surface area contributed by atoms with E-state index in [9.17, 15) is 8.78 Å². The fraction of sp³-hybridized carbons (Fsp3) is 0.400. The van der Waals surface area contributed by atoms with Crippen molar-refractivity contribution in [3.63, 3.8) is 0 Å². The predicted molar refractivity (Wildman–Crippen MR) is 76.4 cm³/mol. The summed E-state index contributed by atoms with van der Waals surface area (Å²) in [5.41, 5.74) is 1.02. The molecule has 1 heterocycles. The monoisotopic (exact) mass is 295 g/mol. The Morgan fingerprint density at radius 1 is 1.29 bits per heavy atom. The number of likely N-dealkylation sites (N-methyl/N-ethyl adjacent to an activating group) is 1. The Hall–Kier alpha value is -1.95. The molecule has 114 valence electrons. The summed E-state index contributed by atoms with van der Waals surface area (Å²) in [7, 11) is 1.95. The third kappa shape index (κ3) is 4.26. The van der Waals surface area contributed by atoms with E-state index >= 15 is 0 Å². The standard InChI is InChI=1S/C15H19F2N3O/c1-3-18-13(10-14-19-8-9-20(14)2)11-4-6-12(7-5-11)21-15(16)17/h4-9,13,15,18H,3,10H2,1-2H3. The molecule has 6 heteroatoms. The van der Waals surface area contributed by atoms with E-state index < -0.39 is 6.61 Å². The van der Waals surface area contributed by atoms with Crippen LogP contribution in [-0.4, -0.2) is 22.7 Å². The van der Waals surface area contributed by atoms with Gasteiger partial charge in [0.2, 0.25) is 0 Å². The molecular formula is C15H19F2N3O. The van der Waals surface area contributed by atoms with E-state index in [1.807, 2.05) is 24.7 Å². The quantitative estimate of drug-likeness (QED) is 0.853. The average Bonchev–Trinajstić information content (AvgIpc) is 2.84. The van der Waals surface area contributed by atoms with Gasteiger partial charge in [-0.05, 0) is 24.2 Å². The van der Waals surface area contributed by atoms with Gasteiger partial charge in [0.15, 0.2) is 0 Å². The first-order chi connectivity index (χ1) is 10.1. The number of aryl methyl sites for hydroxylation is 1. The van der Waals surface area contributed by atoms with Crippen LogP contribution in [0.4, 0.5) is 8.78 Å². The normalized spacial score (nSPS) is 12.6. The average molecular weight is 295 g/mol. The van der Waals surface area contributed by atoms with Gasteiger partial charge in [-0.1, -0.05) is 19.1 Å². The lowest BCUT2D eigenvalue weighted by molar-refractivity contribution is -0.0498. The number of ether oxygens (including phenoxy) is 1. The number of nitrogens with zero attached hydrogens (tertiary/aromatic N) is 2. The maximum absolute atomic E-state index is 12.2. The van der Waals surface area contributed by atoms with Crippen molar-refractivity contribution < 1.29 is 13.5 Å². The molecule has 4 nitrogen and oxygen atoms in total. The molecular weight excluding hydrogens is 276 g/mol. The summed E-state index contributed by atoms with van der Waals surface area (Å²) >= 11 is 0. The van der Waals surface area contributed by atoms with Gasteiger partial charge in [0.05, 0.1) is 0 Å². The van der Waals surface area contributed by atoms with E-state index in [4.69, 9.17) is 0 Å². The molecule has 1 N–H and O–H groups in total. The minimum absolute atomic E-state index is 0.0803. The summed E-state index contributed by atoms with van der Waals surface area (Å²) in [4.78, 5) is 4.32. The molecule has 0 radical (unpaired) electrons. The zero-order valence-corrected chi connectivity index (χ0v) is 12.1. The highest BCUT2D eigenvalue weighted by molar-refractivity contribution is 5.29. The molecule has 2 rings (SSSR count). The third-order valence-electron chi connectivity index (χ3n) is 3.27. The van der Waals surface area contributed by atoms with Crippen molar-refractivity contribution in [3.05, 3.63) is 48.0 Å².